The first-order valence-corrected chi connectivity index (χ1v) is 7.81. The van der Waals surface area contributed by atoms with Gasteiger partial charge in [0.25, 0.3) is 10.2 Å². The van der Waals surface area contributed by atoms with Crippen LogP contribution in [0.2, 0.25) is 0 Å². The summed E-state index contributed by atoms with van der Waals surface area (Å²) < 4.78 is 28.4. The highest BCUT2D eigenvalue weighted by atomic mass is 32.2. The minimum absolute atomic E-state index is 0.0559. The highest BCUT2D eigenvalue weighted by Crippen LogP contribution is 2.18. The molecule has 6 heteroatoms. The maximum absolute atomic E-state index is 12.1. The zero-order valence-electron chi connectivity index (χ0n) is 10.0. The summed E-state index contributed by atoms with van der Waals surface area (Å²) in [5.41, 5.74) is 0. The topological polar surface area (TPSA) is 66.5 Å². The van der Waals surface area contributed by atoms with Crippen molar-refractivity contribution in [2.75, 3.05) is 13.1 Å². The normalized spacial score (nSPS) is 25.1. The molecule has 0 aromatic carbocycles. The molecule has 2 fully saturated rings. The fourth-order valence-corrected chi connectivity index (χ4v) is 3.99. The number of rotatable bonds is 3. The molecule has 1 saturated carbocycles. The zero-order valence-corrected chi connectivity index (χ0v) is 10.8. The largest absolute Gasteiger partial charge is 0.300 e. The summed E-state index contributed by atoms with van der Waals surface area (Å²) in [6, 6.07) is -0.0559. The van der Waals surface area contributed by atoms with Gasteiger partial charge < -0.3 is 0 Å². The highest BCUT2D eigenvalue weighted by molar-refractivity contribution is 7.87. The van der Waals surface area contributed by atoms with Crippen LogP contribution in [0.4, 0.5) is 0 Å². The number of nitrogens with zero attached hydrogens (tertiary/aromatic N) is 1. The quantitative estimate of drug-likeness (QED) is 0.817. The third-order valence-electron chi connectivity index (χ3n) is 3.51. The van der Waals surface area contributed by atoms with Crippen molar-refractivity contribution in [2.45, 2.75) is 51.0 Å². The number of nitrogens with one attached hydrogen (secondary N) is 1. The number of carbonyl (C=O) groups excluding carboxylic acids is 1. The van der Waals surface area contributed by atoms with E-state index in [0.29, 0.717) is 38.8 Å². The Labute approximate surface area is 103 Å². The van der Waals surface area contributed by atoms with Gasteiger partial charge in [0.15, 0.2) is 0 Å². The fraction of sp³-hybridized carbons (Fsp3) is 0.909. The number of carbonyl (C=O) groups is 1. The van der Waals surface area contributed by atoms with Crippen molar-refractivity contribution in [3.63, 3.8) is 0 Å². The molecule has 1 aliphatic carbocycles. The maximum atomic E-state index is 12.1. The Morgan fingerprint density at radius 1 is 1.06 bits per heavy atom. The zero-order chi connectivity index (χ0) is 12.3. The van der Waals surface area contributed by atoms with E-state index in [2.05, 4.69) is 4.72 Å². The average Bonchev–Trinajstić information content (AvgIpc) is 2.33. The molecule has 98 valence electrons. The van der Waals surface area contributed by atoms with Gasteiger partial charge in [0.1, 0.15) is 5.78 Å². The molecular formula is C11H20N2O3S. The van der Waals surface area contributed by atoms with Gasteiger partial charge in [-0.1, -0.05) is 6.42 Å². The smallest absolute Gasteiger partial charge is 0.279 e. The summed E-state index contributed by atoms with van der Waals surface area (Å²) >= 11 is 0. The standard InChI is InChI=1S/C11H20N2O3S/c14-11-6-4-10(5-7-11)12-17(15,16)13-8-2-1-3-9-13/h10,12H,1-9H2. The monoisotopic (exact) mass is 260 g/mol. The molecule has 0 aromatic rings. The van der Waals surface area contributed by atoms with Crippen molar-refractivity contribution >= 4 is 16.0 Å². The van der Waals surface area contributed by atoms with Gasteiger partial charge in [-0.05, 0) is 25.7 Å². The molecule has 1 N–H and O–H groups in total. The molecule has 2 rings (SSSR count). The summed E-state index contributed by atoms with van der Waals surface area (Å²) in [7, 11) is -3.33. The Bertz CT molecular complexity index is 364. The molecule has 1 saturated heterocycles. The van der Waals surface area contributed by atoms with Crippen LogP contribution in [0.3, 0.4) is 0 Å². The fourth-order valence-electron chi connectivity index (χ4n) is 2.45. The van der Waals surface area contributed by atoms with E-state index in [9.17, 15) is 13.2 Å². The van der Waals surface area contributed by atoms with Gasteiger partial charge in [-0.3, -0.25) is 4.79 Å². The minimum Gasteiger partial charge on any atom is -0.300 e. The van der Waals surface area contributed by atoms with Crippen LogP contribution < -0.4 is 4.72 Å². The van der Waals surface area contributed by atoms with E-state index >= 15 is 0 Å². The third-order valence-corrected chi connectivity index (χ3v) is 5.19. The first kappa shape index (κ1) is 13.0. The minimum atomic E-state index is -3.33. The van der Waals surface area contributed by atoms with E-state index in [4.69, 9.17) is 0 Å². The molecule has 17 heavy (non-hydrogen) atoms. The molecule has 0 spiro atoms. The van der Waals surface area contributed by atoms with Gasteiger partial charge in [0, 0.05) is 32.0 Å². The van der Waals surface area contributed by atoms with E-state index < -0.39 is 10.2 Å². The van der Waals surface area contributed by atoms with E-state index in [1.165, 1.54) is 4.31 Å². The lowest BCUT2D eigenvalue weighted by Crippen LogP contribution is -2.48. The molecule has 0 unspecified atom stereocenters. The Kier molecular flexibility index (Phi) is 4.17. The first-order chi connectivity index (χ1) is 8.08. The second-order valence-corrected chi connectivity index (χ2v) is 6.60. The lowest BCUT2D eigenvalue weighted by atomic mass is 9.95. The summed E-state index contributed by atoms with van der Waals surface area (Å²) in [5, 5.41) is 0. The van der Waals surface area contributed by atoms with E-state index in [1.807, 2.05) is 0 Å². The van der Waals surface area contributed by atoms with Gasteiger partial charge in [0.05, 0.1) is 0 Å². The van der Waals surface area contributed by atoms with Crippen LogP contribution in [0.25, 0.3) is 0 Å². The van der Waals surface area contributed by atoms with Crippen LogP contribution in [-0.4, -0.2) is 37.6 Å². The molecule has 0 bridgehead atoms. The summed E-state index contributed by atoms with van der Waals surface area (Å²) in [6.07, 6.45) is 5.32. The number of hydrogen-bond acceptors (Lipinski definition) is 3. The molecule has 5 nitrogen and oxygen atoms in total. The number of Topliss-reactive ketones (excluding diaryl/α,β-unsaturated/α-hetero) is 1. The van der Waals surface area contributed by atoms with Crippen LogP contribution in [0.1, 0.15) is 44.9 Å². The van der Waals surface area contributed by atoms with Crippen LogP contribution in [0, 0.1) is 0 Å². The van der Waals surface area contributed by atoms with Crippen molar-refractivity contribution in [3.05, 3.63) is 0 Å². The lowest BCUT2D eigenvalue weighted by molar-refractivity contribution is -0.120. The van der Waals surface area contributed by atoms with E-state index in [1.54, 1.807) is 0 Å². The average molecular weight is 260 g/mol. The van der Waals surface area contributed by atoms with Crippen molar-refractivity contribution in [2.24, 2.45) is 0 Å². The van der Waals surface area contributed by atoms with Crippen LogP contribution >= 0.6 is 0 Å². The summed E-state index contributed by atoms with van der Waals surface area (Å²) in [5.74, 6) is 0.249. The van der Waals surface area contributed by atoms with Gasteiger partial charge in [-0.2, -0.15) is 17.4 Å². The SMILES string of the molecule is O=C1CCC(NS(=O)(=O)N2CCCCC2)CC1. The summed E-state index contributed by atoms with van der Waals surface area (Å²) in [4.78, 5) is 11.1. The molecule has 1 aliphatic heterocycles. The molecule has 2 aliphatic rings. The first-order valence-electron chi connectivity index (χ1n) is 6.37. The van der Waals surface area contributed by atoms with Crippen molar-refractivity contribution in [1.82, 2.24) is 9.03 Å². The van der Waals surface area contributed by atoms with E-state index in [0.717, 1.165) is 19.3 Å². The Hall–Kier alpha value is -0.460. The lowest BCUT2D eigenvalue weighted by Gasteiger charge is -2.29. The highest BCUT2D eigenvalue weighted by Gasteiger charge is 2.28. The molecular weight excluding hydrogens is 240 g/mol. The Balaban J connectivity index is 1.90. The van der Waals surface area contributed by atoms with Crippen LogP contribution in [0.5, 0.6) is 0 Å². The predicted molar refractivity (Wildman–Crippen MR) is 64.7 cm³/mol. The second-order valence-electron chi connectivity index (χ2n) is 4.90. The van der Waals surface area contributed by atoms with Crippen LogP contribution in [-0.2, 0) is 15.0 Å². The van der Waals surface area contributed by atoms with Crippen molar-refractivity contribution < 1.29 is 13.2 Å². The number of piperidine rings is 1. The van der Waals surface area contributed by atoms with E-state index in [-0.39, 0.29) is 11.8 Å². The molecule has 0 aromatic heterocycles. The van der Waals surface area contributed by atoms with Crippen LogP contribution in [0.15, 0.2) is 0 Å². The van der Waals surface area contributed by atoms with Gasteiger partial charge >= 0.3 is 0 Å². The summed E-state index contributed by atoms with van der Waals surface area (Å²) in [6.45, 7) is 1.25. The molecule has 0 amide bonds. The predicted octanol–water partition coefficient (Wildman–Crippen LogP) is 0.818. The number of hydrogen-bond donors (Lipinski definition) is 1. The molecule has 0 atom stereocenters. The number of ketones is 1. The van der Waals surface area contributed by atoms with Gasteiger partial charge in [-0.15, -0.1) is 0 Å². The molecule has 0 radical (unpaired) electrons. The molecule has 1 heterocycles. The maximum Gasteiger partial charge on any atom is 0.279 e. The second kappa shape index (κ2) is 5.46. The third kappa shape index (κ3) is 3.50. The Morgan fingerprint density at radius 2 is 1.65 bits per heavy atom. The van der Waals surface area contributed by atoms with Gasteiger partial charge in [0.2, 0.25) is 0 Å². The van der Waals surface area contributed by atoms with Gasteiger partial charge in [-0.25, -0.2) is 0 Å². The van der Waals surface area contributed by atoms with Crippen molar-refractivity contribution in [3.8, 4) is 0 Å². The van der Waals surface area contributed by atoms with Crippen molar-refractivity contribution in [1.29, 1.82) is 0 Å². The Morgan fingerprint density at radius 3 is 2.24 bits per heavy atom.